The van der Waals surface area contributed by atoms with Crippen molar-refractivity contribution >= 4 is 6.29 Å². The molecule has 1 unspecified atom stereocenters. The molecule has 0 aliphatic carbocycles. The highest BCUT2D eigenvalue weighted by Gasteiger charge is 2.43. The molecule has 1 aliphatic rings. The first-order valence-corrected chi connectivity index (χ1v) is 8.26. The summed E-state index contributed by atoms with van der Waals surface area (Å²) in [5.41, 5.74) is 0.0128. The minimum atomic E-state index is -0.288. The van der Waals surface area contributed by atoms with Crippen molar-refractivity contribution in [2.75, 3.05) is 0 Å². The van der Waals surface area contributed by atoms with Gasteiger partial charge in [-0.15, -0.1) is 0 Å². The highest BCUT2D eigenvalue weighted by Crippen LogP contribution is 2.38. The molecular weight excluding hydrogens is 250 g/mol. The molecule has 1 saturated heterocycles. The van der Waals surface area contributed by atoms with Crippen LogP contribution in [-0.4, -0.2) is 28.5 Å². The second-order valence-corrected chi connectivity index (χ2v) is 7.40. The van der Waals surface area contributed by atoms with Crippen LogP contribution in [0.2, 0.25) is 0 Å². The van der Waals surface area contributed by atoms with E-state index >= 15 is 0 Å². The van der Waals surface area contributed by atoms with Gasteiger partial charge in [0.2, 0.25) is 0 Å². The number of carbonyl (C=O) groups excluding carboxylic acids is 1. The van der Waals surface area contributed by atoms with Gasteiger partial charge in [0.1, 0.15) is 6.10 Å². The number of hydrogen-bond acceptors (Lipinski definition) is 3. The summed E-state index contributed by atoms with van der Waals surface area (Å²) in [7, 11) is 0. The van der Waals surface area contributed by atoms with Crippen LogP contribution in [0.3, 0.4) is 0 Å². The van der Waals surface area contributed by atoms with Gasteiger partial charge in [-0.05, 0) is 53.4 Å². The molecule has 1 atom stereocenters. The predicted octanol–water partition coefficient (Wildman–Crippen LogP) is 4.50. The topological polar surface area (TPSA) is 29.5 Å². The predicted molar refractivity (Wildman–Crippen MR) is 83.5 cm³/mol. The number of hydroxylamine groups is 2. The van der Waals surface area contributed by atoms with E-state index < -0.39 is 0 Å². The van der Waals surface area contributed by atoms with Crippen LogP contribution in [0.4, 0.5) is 0 Å². The summed E-state index contributed by atoms with van der Waals surface area (Å²) in [6, 6.07) is 0. The Labute approximate surface area is 125 Å². The van der Waals surface area contributed by atoms with Crippen molar-refractivity contribution < 1.29 is 9.63 Å². The second-order valence-electron chi connectivity index (χ2n) is 7.40. The lowest BCUT2D eigenvalue weighted by molar-refractivity contribution is -0.297. The number of hydrogen-bond donors (Lipinski definition) is 0. The van der Waals surface area contributed by atoms with Gasteiger partial charge in [-0.3, -0.25) is 4.84 Å². The van der Waals surface area contributed by atoms with E-state index in [0.29, 0.717) is 0 Å². The lowest BCUT2D eigenvalue weighted by Gasteiger charge is -2.52. The van der Waals surface area contributed by atoms with Gasteiger partial charge >= 0.3 is 0 Å². The van der Waals surface area contributed by atoms with E-state index in [1.165, 1.54) is 25.7 Å². The van der Waals surface area contributed by atoms with Crippen molar-refractivity contribution in [2.45, 2.75) is 103 Å². The van der Waals surface area contributed by atoms with Crippen LogP contribution in [0.15, 0.2) is 0 Å². The van der Waals surface area contributed by atoms with Crippen LogP contribution < -0.4 is 0 Å². The molecule has 118 valence electrons. The molecular formula is C17H33NO2. The Morgan fingerprint density at radius 3 is 2.20 bits per heavy atom. The van der Waals surface area contributed by atoms with Gasteiger partial charge in [0.15, 0.2) is 6.29 Å². The van der Waals surface area contributed by atoms with Crippen LogP contribution in [0.25, 0.3) is 0 Å². The van der Waals surface area contributed by atoms with E-state index in [4.69, 9.17) is 4.84 Å². The Morgan fingerprint density at radius 1 is 1.10 bits per heavy atom. The molecule has 0 amide bonds. The molecule has 3 heteroatoms. The molecule has 0 aromatic heterocycles. The standard InChI is InChI=1S/C17H33NO2/c1-6-7-8-9-11-15(14-19)20-18-16(2,3)12-10-13-17(18,4)5/h14-15H,6-13H2,1-5H3. The molecule has 1 heterocycles. The number of nitrogens with zero attached hydrogens (tertiary/aromatic N) is 1. The maximum absolute atomic E-state index is 11.3. The van der Waals surface area contributed by atoms with E-state index in [9.17, 15) is 4.79 Å². The quantitative estimate of drug-likeness (QED) is 0.485. The van der Waals surface area contributed by atoms with Gasteiger partial charge < -0.3 is 4.79 Å². The molecule has 0 bridgehead atoms. The van der Waals surface area contributed by atoms with Crippen molar-refractivity contribution in [3.8, 4) is 0 Å². The zero-order valence-corrected chi connectivity index (χ0v) is 14.1. The summed E-state index contributed by atoms with van der Waals surface area (Å²) < 4.78 is 0. The van der Waals surface area contributed by atoms with Gasteiger partial charge in [-0.1, -0.05) is 32.6 Å². The van der Waals surface area contributed by atoms with Crippen LogP contribution in [0.5, 0.6) is 0 Å². The van der Waals surface area contributed by atoms with Crippen molar-refractivity contribution in [3.63, 3.8) is 0 Å². The second kappa shape index (κ2) is 7.56. The summed E-state index contributed by atoms with van der Waals surface area (Å²) in [5, 5.41) is 2.10. The lowest BCUT2D eigenvalue weighted by atomic mass is 9.82. The van der Waals surface area contributed by atoms with E-state index in [1.807, 2.05) is 0 Å². The Hall–Kier alpha value is -0.410. The van der Waals surface area contributed by atoms with Crippen LogP contribution in [0.1, 0.15) is 86.0 Å². The van der Waals surface area contributed by atoms with E-state index in [-0.39, 0.29) is 17.2 Å². The lowest BCUT2D eigenvalue weighted by Crippen LogP contribution is -2.59. The van der Waals surface area contributed by atoms with Gasteiger partial charge in [0.05, 0.1) is 0 Å². The number of aldehydes is 1. The number of carbonyl (C=O) groups is 1. The molecule has 0 spiro atoms. The van der Waals surface area contributed by atoms with Crippen LogP contribution >= 0.6 is 0 Å². The van der Waals surface area contributed by atoms with E-state index in [1.54, 1.807) is 0 Å². The monoisotopic (exact) mass is 283 g/mol. The fraction of sp³-hybridized carbons (Fsp3) is 0.941. The summed E-state index contributed by atoms with van der Waals surface area (Å²) in [6.45, 7) is 11.1. The zero-order valence-electron chi connectivity index (χ0n) is 14.1. The first-order chi connectivity index (χ1) is 9.33. The molecule has 0 saturated carbocycles. The Bertz CT molecular complexity index is 283. The molecule has 3 nitrogen and oxygen atoms in total. The number of rotatable bonds is 8. The molecule has 1 aliphatic heterocycles. The van der Waals surface area contributed by atoms with Crippen molar-refractivity contribution in [1.82, 2.24) is 5.06 Å². The molecule has 0 aromatic rings. The first kappa shape index (κ1) is 17.6. The van der Waals surface area contributed by atoms with Crippen molar-refractivity contribution in [2.24, 2.45) is 0 Å². The highest BCUT2D eigenvalue weighted by molar-refractivity contribution is 5.55. The Morgan fingerprint density at radius 2 is 1.70 bits per heavy atom. The van der Waals surface area contributed by atoms with Gasteiger partial charge in [0.25, 0.3) is 0 Å². The molecule has 0 radical (unpaired) electrons. The molecule has 1 fully saturated rings. The fourth-order valence-electron chi connectivity index (χ4n) is 3.31. The van der Waals surface area contributed by atoms with Crippen LogP contribution in [-0.2, 0) is 9.63 Å². The van der Waals surface area contributed by atoms with Crippen molar-refractivity contribution in [3.05, 3.63) is 0 Å². The summed E-state index contributed by atoms with van der Waals surface area (Å²) in [6.07, 6.45) is 9.73. The minimum absolute atomic E-state index is 0.00638. The third kappa shape index (κ3) is 4.85. The third-order valence-electron chi connectivity index (χ3n) is 4.41. The average Bonchev–Trinajstić information content (AvgIpc) is 2.35. The van der Waals surface area contributed by atoms with Crippen molar-refractivity contribution in [1.29, 1.82) is 0 Å². The maximum Gasteiger partial charge on any atom is 0.150 e. The van der Waals surface area contributed by atoms with Gasteiger partial charge in [-0.2, -0.15) is 5.06 Å². The van der Waals surface area contributed by atoms with Gasteiger partial charge in [0, 0.05) is 11.1 Å². The smallest absolute Gasteiger partial charge is 0.150 e. The normalized spacial score (nSPS) is 23.4. The minimum Gasteiger partial charge on any atom is -0.300 e. The Kier molecular flexibility index (Phi) is 6.67. The van der Waals surface area contributed by atoms with Gasteiger partial charge in [-0.25, -0.2) is 0 Å². The SMILES string of the molecule is CCCCCCC(C=O)ON1C(C)(C)CCCC1(C)C. The molecule has 0 aromatic carbocycles. The number of piperidine rings is 1. The molecule has 20 heavy (non-hydrogen) atoms. The van der Waals surface area contributed by atoms with E-state index in [0.717, 1.165) is 32.0 Å². The third-order valence-corrected chi connectivity index (χ3v) is 4.41. The van der Waals surface area contributed by atoms with Crippen LogP contribution in [0, 0.1) is 0 Å². The summed E-state index contributed by atoms with van der Waals surface area (Å²) >= 11 is 0. The Balaban J connectivity index is 2.58. The zero-order chi connectivity index (χ0) is 15.2. The van der Waals surface area contributed by atoms with E-state index in [2.05, 4.69) is 39.7 Å². The molecule has 0 N–H and O–H groups in total. The average molecular weight is 283 g/mol. The number of unbranched alkanes of at least 4 members (excludes halogenated alkanes) is 3. The fourth-order valence-corrected chi connectivity index (χ4v) is 3.31. The first-order valence-electron chi connectivity index (χ1n) is 8.26. The maximum atomic E-state index is 11.3. The molecule has 1 rings (SSSR count). The summed E-state index contributed by atoms with van der Waals surface area (Å²) in [4.78, 5) is 17.4. The largest absolute Gasteiger partial charge is 0.300 e. The highest BCUT2D eigenvalue weighted by atomic mass is 16.7. The summed E-state index contributed by atoms with van der Waals surface area (Å²) in [5.74, 6) is 0.